The number of alkyl halides is 3. The first-order chi connectivity index (χ1) is 11.4. The van der Waals surface area contributed by atoms with Crippen LogP contribution in [0, 0.1) is 0 Å². The lowest BCUT2D eigenvalue weighted by molar-refractivity contribution is -0.143. The van der Waals surface area contributed by atoms with Crippen LogP contribution in [0.25, 0.3) is 0 Å². The molecular formula is C15H24F3N5O. The van der Waals surface area contributed by atoms with Gasteiger partial charge in [-0.2, -0.15) is 13.2 Å². The van der Waals surface area contributed by atoms with Gasteiger partial charge in [-0.25, -0.2) is 4.99 Å². The molecule has 2 rings (SSSR count). The topological polar surface area (TPSA) is 65.7 Å². The van der Waals surface area contributed by atoms with Gasteiger partial charge >= 0.3 is 6.18 Å². The molecule has 24 heavy (non-hydrogen) atoms. The van der Waals surface area contributed by atoms with E-state index in [9.17, 15) is 13.2 Å². The highest BCUT2D eigenvalue weighted by Crippen LogP contribution is 2.19. The lowest BCUT2D eigenvalue weighted by Gasteiger charge is -2.19. The first-order valence-corrected chi connectivity index (χ1v) is 8.18. The van der Waals surface area contributed by atoms with Crippen molar-refractivity contribution in [3.8, 4) is 0 Å². The summed E-state index contributed by atoms with van der Waals surface area (Å²) in [6, 6.07) is 1.80. The second-order valence-electron chi connectivity index (χ2n) is 5.81. The average Bonchev–Trinajstić information content (AvgIpc) is 3.12. The number of hydrogen-bond donors (Lipinski definition) is 2. The number of rotatable bonds is 6. The van der Waals surface area contributed by atoms with Crippen LogP contribution in [-0.2, 0) is 13.0 Å². The zero-order chi connectivity index (χ0) is 17.6. The summed E-state index contributed by atoms with van der Waals surface area (Å²) >= 11 is 0. The van der Waals surface area contributed by atoms with E-state index in [0.717, 1.165) is 12.1 Å². The zero-order valence-electron chi connectivity index (χ0n) is 14.0. The normalized spacial score (nSPS) is 19.7. The Morgan fingerprint density at radius 3 is 2.88 bits per heavy atom. The third kappa shape index (κ3) is 6.03. The van der Waals surface area contributed by atoms with Crippen molar-refractivity contribution in [1.82, 2.24) is 20.7 Å². The Labute approximate surface area is 139 Å². The number of aromatic nitrogens is 1. The molecule has 1 atom stereocenters. The van der Waals surface area contributed by atoms with Gasteiger partial charge in [0.05, 0.1) is 12.2 Å². The number of guanidine groups is 1. The Balaban J connectivity index is 1.87. The Morgan fingerprint density at radius 1 is 1.46 bits per heavy atom. The lowest BCUT2D eigenvalue weighted by atomic mass is 10.3. The van der Waals surface area contributed by atoms with Crippen molar-refractivity contribution in [3.05, 3.63) is 17.5 Å². The van der Waals surface area contributed by atoms with Crippen molar-refractivity contribution < 1.29 is 17.7 Å². The van der Waals surface area contributed by atoms with Gasteiger partial charge in [0.1, 0.15) is 6.54 Å². The van der Waals surface area contributed by atoms with Crippen molar-refractivity contribution in [1.29, 1.82) is 0 Å². The molecule has 9 heteroatoms. The van der Waals surface area contributed by atoms with E-state index in [-0.39, 0.29) is 6.04 Å². The average molecular weight is 347 g/mol. The molecule has 0 aromatic carbocycles. The number of likely N-dealkylation sites (tertiary alicyclic amines) is 1. The molecule has 136 valence electrons. The van der Waals surface area contributed by atoms with E-state index in [1.165, 1.54) is 4.90 Å². The van der Waals surface area contributed by atoms with Gasteiger partial charge in [-0.1, -0.05) is 12.1 Å². The third-order valence-electron chi connectivity index (χ3n) is 3.72. The fraction of sp³-hybridized carbons (Fsp3) is 0.733. The summed E-state index contributed by atoms with van der Waals surface area (Å²) in [7, 11) is 0. The van der Waals surface area contributed by atoms with E-state index in [4.69, 9.17) is 4.52 Å². The van der Waals surface area contributed by atoms with Gasteiger partial charge in [-0.15, -0.1) is 0 Å². The largest absolute Gasteiger partial charge is 0.401 e. The second-order valence-corrected chi connectivity index (χ2v) is 5.81. The minimum Gasteiger partial charge on any atom is -0.359 e. The summed E-state index contributed by atoms with van der Waals surface area (Å²) in [6.07, 6.45) is -2.71. The van der Waals surface area contributed by atoms with Gasteiger partial charge in [0.2, 0.25) is 0 Å². The molecule has 0 bridgehead atoms. The fourth-order valence-electron chi connectivity index (χ4n) is 2.61. The van der Waals surface area contributed by atoms with Gasteiger partial charge in [-0.3, -0.25) is 4.90 Å². The van der Waals surface area contributed by atoms with Crippen LogP contribution in [0.15, 0.2) is 15.6 Å². The van der Waals surface area contributed by atoms with Gasteiger partial charge in [0, 0.05) is 31.7 Å². The molecule has 0 aliphatic carbocycles. The van der Waals surface area contributed by atoms with Gasteiger partial charge in [0.25, 0.3) is 0 Å². The zero-order valence-corrected chi connectivity index (χ0v) is 14.0. The molecule has 1 aromatic heterocycles. The number of halogens is 3. The maximum atomic E-state index is 12.4. The van der Waals surface area contributed by atoms with E-state index in [2.05, 4.69) is 20.8 Å². The van der Waals surface area contributed by atoms with Crippen LogP contribution >= 0.6 is 0 Å². The smallest absolute Gasteiger partial charge is 0.359 e. The highest BCUT2D eigenvalue weighted by Gasteiger charge is 2.34. The first-order valence-electron chi connectivity index (χ1n) is 8.18. The van der Waals surface area contributed by atoms with E-state index >= 15 is 0 Å². The van der Waals surface area contributed by atoms with Crippen LogP contribution in [0.2, 0.25) is 0 Å². The standard InChI is InChI=1S/C15H24F3N5O/c1-3-11-7-13(24-22-11)8-20-14(19-4-2)21-12-5-6-23(9-12)10-15(16,17)18/h7,12H,3-6,8-10H2,1-2H3,(H2,19,20,21). The van der Waals surface area contributed by atoms with E-state index in [1.54, 1.807) is 0 Å². The number of aryl methyl sites for hydroxylation is 1. The molecule has 1 unspecified atom stereocenters. The molecule has 0 amide bonds. The molecule has 1 aromatic rings. The molecular weight excluding hydrogens is 323 g/mol. The van der Waals surface area contributed by atoms with Gasteiger partial charge in [-0.05, 0) is 19.8 Å². The molecule has 1 aliphatic rings. The molecule has 2 heterocycles. The molecule has 2 N–H and O–H groups in total. The highest BCUT2D eigenvalue weighted by molar-refractivity contribution is 5.80. The minimum atomic E-state index is -4.16. The number of nitrogens with one attached hydrogen (secondary N) is 2. The van der Waals surface area contributed by atoms with Gasteiger partial charge in [0.15, 0.2) is 11.7 Å². The maximum Gasteiger partial charge on any atom is 0.401 e. The van der Waals surface area contributed by atoms with Crippen molar-refractivity contribution in [3.63, 3.8) is 0 Å². The minimum absolute atomic E-state index is 0.0499. The van der Waals surface area contributed by atoms with Crippen LogP contribution in [0.1, 0.15) is 31.7 Å². The predicted octanol–water partition coefficient (Wildman–Crippen LogP) is 1.93. The Morgan fingerprint density at radius 2 is 2.25 bits per heavy atom. The molecule has 6 nitrogen and oxygen atoms in total. The molecule has 1 fully saturated rings. The first kappa shape index (κ1) is 18.6. The van der Waals surface area contributed by atoms with E-state index in [0.29, 0.717) is 44.3 Å². The molecule has 0 radical (unpaired) electrons. The lowest BCUT2D eigenvalue weighted by Crippen LogP contribution is -2.45. The fourth-order valence-corrected chi connectivity index (χ4v) is 2.61. The molecule has 0 spiro atoms. The van der Waals surface area contributed by atoms with Crippen LogP contribution < -0.4 is 10.6 Å². The second kappa shape index (κ2) is 8.36. The Hall–Kier alpha value is -1.77. The molecule has 1 saturated heterocycles. The third-order valence-corrected chi connectivity index (χ3v) is 3.72. The molecule has 1 aliphatic heterocycles. The summed E-state index contributed by atoms with van der Waals surface area (Å²) < 4.78 is 42.5. The predicted molar refractivity (Wildman–Crippen MR) is 84.7 cm³/mol. The number of aliphatic imine (C=N–C) groups is 1. The monoisotopic (exact) mass is 347 g/mol. The molecule has 0 saturated carbocycles. The summed E-state index contributed by atoms with van der Waals surface area (Å²) in [6.45, 7) is 4.85. The van der Waals surface area contributed by atoms with Crippen molar-refractivity contribution in [2.24, 2.45) is 4.99 Å². The van der Waals surface area contributed by atoms with Crippen LogP contribution in [-0.4, -0.2) is 54.4 Å². The number of nitrogens with zero attached hydrogens (tertiary/aromatic N) is 3. The van der Waals surface area contributed by atoms with Crippen LogP contribution in [0.3, 0.4) is 0 Å². The van der Waals surface area contributed by atoms with Crippen molar-refractivity contribution in [2.75, 3.05) is 26.2 Å². The van der Waals surface area contributed by atoms with Crippen molar-refractivity contribution >= 4 is 5.96 Å². The number of hydrogen-bond acceptors (Lipinski definition) is 4. The van der Waals surface area contributed by atoms with Crippen LogP contribution in [0.4, 0.5) is 13.2 Å². The van der Waals surface area contributed by atoms with Crippen LogP contribution in [0.5, 0.6) is 0 Å². The quantitative estimate of drug-likeness (QED) is 0.608. The van der Waals surface area contributed by atoms with E-state index < -0.39 is 12.7 Å². The summed E-state index contributed by atoms with van der Waals surface area (Å²) in [4.78, 5) is 5.82. The maximum absolute atomic E-state index is 12.4. The summed E-state index contributed by atoms with van der Waals surface area (Å²) in [5.41, 5.74) is 0.872. The summed E-state index contributed by atoms with van der Waals surface area (Å²) in [5.74, 6) is 1.24. The van der Waals surface area contributed by atoms with Gasteiger partial charge < -0.3 is 15.2 Å². The Kier molecular flexibility index (Phi) is 6.47. The Bertz CT molecular complexity index is 543. The van der Waals surface area contributed by atoms with Crippen molar-refractivity contribution in [2.45, 2.75) is 45.5 Å². The highest BCUT2D eigenvalue weighted by atomic mass is 19.4. The SMILES string of the molecule is CCNC(=NCc1cc(CC)no1)NC1CCN(CC(F)(F)F)C1. The summed E-state index contributed by atoms with van der Waals surface area (Å²) in [5, 5.41) is 10.2. The van der Waals surface area contributed by atoms with E-state index in [1.807, 2.05) is 19.9 Å².